The first-order chi connectivity index (χ1) is 9.85. The third-order valence-corrected chi connectivity index (χ3v) is 3.27. The minimum absolute atomic E-state index is 0.377. The molecule has 0 spiro atoms. The molecular weight excluding hydrogens is 311 g/mol. The Labute approximate surface area is 121 Å². The highest BCUT2D eigenvalue weighted by molar-refractivity contribution is 6.03. The van der Waals surface area contributed by atoms with Gasteiger partial charge in [-0.05, 0) is 19.9 Å². The summed E-state index contributed by atoms with van der Waals surface area (Å²) in [6.07, 6.45) is -4.92. The Kier molecular flexibility index (Phi) is 4.17. The Bertz CT molecular complexity index is 654. The zero-order chi connectivity index (χ0) is 17.5. The van der Waals surface area contributed by atoms with Crippen molar-refractivity contribution < 1.29 is 37.9 Å². The summed E-state index contributed by atoms with van der Waals surface area (Å²) in [5.74, 6) is -4.48. The summed E-state index contributed by atoms with van der Waals surface area (Å²) in [6, 6.07) is 0.807. The molecule has 22 heavy (non-hydrogen) atoms. The second kappa shape index (κ2) is 5.28. The van der Waals surface area contributed by atoms with Crippen LogP contribution in [0.3, 0.4) is 0 Å². The molecule has 0 aliphatic heterocycles. The summed E-state index contributed by atoms with van der Waals surface area (Å²) in [5.41, 5.74) is -7.46. The minimum atomic E-state index is -4.92. The number of nitrogens with zero attached hydrogens (tertiary/aromatic N) is 1. The first kappa shape index (κ1) is 17.4. The summed E-state index contributed by atoms with van der Waals surface area (Å²) >= 11 is 0. The molecule has 0 bridgehead atoms. The fourth-order valence-electron chi connectivity index (χ4n) is 1.95. The van der Waals surface area contributed by atoms with E-state index >= 15 is 0 Å². The van der Waals surface area contributed by atoms with Crippen molar-refractivity contribution in [2.45, 2.75) is 25.4 Å². The number of aliphatic carboxylic acids is 2. The van der Waals surface area contributed by atoms with Crippen molar-refractivity contribution in [3.05, 3.63) is 38.9 Å². The number of nitro benzene ring substituents is 1. The molecule has 120 valence electrons. The van der Waals surface area contributed by atoms with E-state index in [-0.39, 0.29) is 0 Å². The van der Waals surface area contributed by atoms with Gasteiger partial charge in [0, 0.05) is 11.1 Å². The lowest BCUT2D eigenvalue weighted by Gasteiger charge is -2.32. The highest BCUT2D eigenvalue weighted by atomic mass is 19.4. The van der Waals surface area contributed by atoms with Crippen molar-refractivity contribution in [1.82, 2.24) is 0 Å². The van der Waals surface area contributed by atoms with Crippen LogP contribution in [0.5, 0.6) is 0 Å². The van der Waals surface area contributed by atoms with Crippen LogP contribution in [-0.4, -0.2) is 16.9 Å². The SMILES string of the molecule is Cc1c(C(F)(F)F)ccc(C(C)(C(=O)[O-])C(=O)[O-])c1[N+](=O)[O-]. The zero-order valence-corrected chi connectivity index (χ0v) is 11.2. The van der Waals surface area contributed by atoms with E-state index < -0.39 is 50.8 Å². The number of halogens is 3. The van der Waals surface area contributed by atoms with Crippen LogP contribution >= 0.6 is 0 Å². The number of alkyl halides is 3. The quantitative estimate of drug-likeness (QED) is 0.425. The van der Waals surface area contributed by atoms with E-state index in [1.165, 1.54) is 0 Å². The van der Waals surface area contributed by atoms with E-state index in [0.29, 0.717) is 19.1 Å². The van der Waals surface area contributed by atoms with Crippen LogP contribution < -0.4 is 10.2 Å². The van der Waals surface area contributed by atoms with Crippen LogP contribution in [0.4, 0.5) is 18.9 Å². The predicted molar refractivity (Wildman–Crippen MR) is 60.2 cm³/mol. The first-order valence-electron chi connectivity index (χ1n) is 5.63. The van der Waals surface area contributed by atoms with Crippen LogP contribution in [0.1, 0.15) is 23.6 Å². The largest absolute Gasteiger partial charge is 0.549 e. The van der Waals surface area contributed by atoms with Gasteiger partial charge in [0.15, 0.2) is 0 Å². The molecule has 0 unspecified atom stereocenters. The monoisotopic (exact) mass is 319 g/mol. The van der Waals surface area contributed by atoms with E-state index in [1.807, 2.05) is 0 Å². The average Bonchev–Trinajstić information content (AvgIpc) is 2.34. The van der Waals surface area contributed by atoms with E-state index in [4.69, 9.17) is 0 Å². The second-order valence-corrected chi connectivity index (χ2v) is 4.59. The maximum absolute atomic E-state index is 12.8. The third-order valence-electron chi connectivity index (χ3n) is 3.27. The lowest BCUT2D eigenvalue weighted by molar-refractivity contribution is -0.387. The molecule has 0 fully saturated rings. The lowest BCUT2D eigenvalue weighted by atomic mass is 9.80. The fraction of sp³-hybridized carbons (Fsp3) is 0.333. The number of hydrogen-bond acceptors (Lipinski definition) is 6. The van der Waals surface area contributed by atoms with Gasteiger partial charge >= 0.3 is 6.18 Å². The number of carboxylic acids is 2. The predicted octanol–water partition coefficient (Wildman–Crippen LogP) is -0.320. The Morgan fingerprint density at radius 3 is 1.82 bits per heavy atom. The van der Waals surface area contributed by atoms with Gasteiger partial charge < -0.3 is 19.8 Å². The molecule has 1 aromatic carbocycles. The van der Waals surface area contributed by atoms with Gasteiger partial charge in [-0.1, -0.05) is 6.07 Å². The highest BCUT2D eigenvalue weighted by Gasteiger charge is 2.42. The number of carbonyl (C=O) groups is 2. The standard InChI is InChI=1S/C12H10F3NO6/c1-5-6(12(13,14)15)3-4-7(8(5)16(21)22)11(2,9(17)18)10(19)20/h3-4H,1-2H3,(H,17,18)(H,19,20)/p-2. The number of rotatable bonds is 4. The average molecular weight is 319 g/mol. The van der Waals surface area contributed by atoms with Gasteiger partial charge in [-0.3, -0.25) is 10.1 Å². The van der Waals surface area contributed by atoms with Gasteiger partial charge in [-0.15, -0.1) is 0 Å². The maximum atomic E-state index is 12.8. The van der Waals surface area contributed by atoms with Crippen LogP contribution in [0.25, 0.3) is 0 Å². The van der Waals surface area contributed by atoms with Crippen molar-refractivity contribution in [1.29, 1.82) is 0 Å². The van der Waals surface area contributed by atoms with Gasteiger partial charge in [0.2, 0.25) is 0 Å². The van der Waals surface area contributed by atoms with E-state index in [1.54, 1.807) is 0 Å². The molecule has 0 amide bonds. The van der Waals surface area contributed by atoms with Crippen molar-refractivity contribution in [2.75, 3.05) is 0 Å². The number of carbonyl (C=O) groups excluding carboxylic acids is 2. The Morgan fingerprint density at radius 1 is 1.09 bits per heavy atom. The molecule has 0 atom stereocenters. The summed E-state index contributed by atoms with van der Waals surface area (Å²) in [7, 11) is 0. The van der Waals surface area contributed by atoms with Crippen molar-refractivity contribution >= 4 is 17.6 Å². The first-order valence-corrected chi connectivity index (χ1v) is 5.63. The Balaban J connectivity index is 3.86. The van der Waals surface area contributed by atoms with Gasteiger partial charge in [0.25, 0.3) is 5.69 Å². The summed E-state index contributed by atoms with van der Waals surface area (Å²) in [5, 5.41) is 33.1. The van der Waals surface area contributed by atoms with E-state index in [2.05, 4.69) is 0 Å². The summed E-state index contributed by atoms with van der Waals surface area (Å²) in [6.45, 7) is 1.29. The van der Waals surface area contributed by atoms with Crippen LogP contribution in [0, 0.1) is 17.0 Å². The summed E-state index contributed by atoms with van der Waals surface area (Å²) < 4.78 is 38.3. The molecule has 0 saturated carbocycles. The topological polar surface area (TPSA) is 123 Å². The molecule has 0 N–H and O–H groups in total. The number of hydrogen-bond donors (Lipinski definition) is 0. The van der Waals surface area contributed by atoms with E-state index in [9.17, 15) is 43.1 Å². The molecule has 0 radical (unpaired) electrons. The number of benzene rings is 1. The molecule has 0 saturated heterocycles. The molecule has 1 aromatic rings. The van der Waals surface area contributed by atoms with Crippen molar-refractivity contribution in [3.8, 4) is 0 Å². The molecule has 0 aliphatic carbocycles. The smallest absolute Gasteiger partial charge is 0.416 e. The number of nitro groups is 1. The summed E-state index contributed by atoms with van der Waals surface area (Å²) in [4.78, 5) is 31.9. The minimum Gasteiger partial charge on any atom is -0.549 e. The van der Waals surface area contributed by atoms with Crippen LogP contribution in [-0.2, 0) is 21.2 Å². The normalized spacial score (nSPS) is 12.0. The maximum Gasteiger partial charge on any atom is 0.416 e. The number of carboxylic acid groups (broad SMARTS) is 2. The Morgan fingerprint density at radius 2 is 1.50 bits per heavy atom. The van der Waals surface area contributed by atoms with Gasteiger partial charge in [-0.2, -0.15) is 13.2 Å². The molecule has 0 aromatic heterocycles. The van der Waals surface area contributed by atoms with Gasteiger partial charge in [0.1, 0.15) is 0 Å². The zero-order valence-electron chi connectivity index (χ0n) is 11.2. The van der Waals surface area contributed by atoms with Gasteiger partial charge in [0.05, 0.1) is 27.8 Å². The Hall–Kier alpha value is -2.65. The molecule has 10 heteroatoms. The van der Waals surface area contributed by atoms with E-state index in [0.717, 1.165) is 6.92 Å². The molecule has 1 rings (SSSR count). The molecule has 0 aliphatic rings. The molecule has 7 nitrogen and oxygen atoms in total. The fourth-order valence-corrected chi connectivity index (χ4v) is 1.95. The van der Waals surface area contributed by atoms with Crippen molar-refractivity contribution in [2.24, 2.45) is 0 Å². The van der Waals surface area contributed by atoms with Gasteiger partial charge in [-0.25, -0.2) is 0 Å². The van der Waals surface area contributed by atoms with Crippen LogP contribution in [0.2, 0.25) is 0 Å². The lowest BCUT2D eigenvalue weighted by Crippen LogP contribution is -2.55. The second-order valence-electron chi connectivity index (χ2n) is 4.59. The van der Waals surface area contributed by atoms with Crippen molar-refractivity contribution in [3.63, 3.8) is 0 Å². The highest BCUT2D eigenvalue weighted by Crippen LogP contribution is 2.40. The van der Waals surface area contributed by atoms with Crippen LogP contribution in [0.15, 0.2) is 12.1 Å². The third kappa shape index (κ3) is 2.59. The molecular formula is C12H8F3NO6-2. The molecule has 0 heterocycles.